The predicted octanol–water partition coefficient (Wildman–Crippen LogP) is 1.95. The number of amides is 1. The molecule has 4 heteroatoms. The van der Waals surface area contributed by atoms with Crippen LogP contribution in [0, 0.1) is 11.7 Å². The van der Waals surface area contributed by atoms with Gasteiger partial charge in [0.15, 0.2) is 0 Å². The molecular formula is C14H19FN2O. The minimum absolute atomic E-state index is 0.00315. The van der Waals surface area contributed by atoms with Crippen molar-refractivity contribution in [1.29, 1.82) is 0 Å². The van der Waals surface area contributed by atoms with Crippen LogP contribution >= 0.6 is 0 Å². The molecule has 1 aromatic carbocycles. The highest BCUT2D eigenvalue weighted by Gasteiger charge is 2.30. The van der Waals surface area contributed by atoms with E-state index in [-0.39, 0.29) is 23.7 Å². The van der Waals surface area contributed by atoms with Crippen LogP contribution in [0.3, 0.4) is 0 Å². The van der Waals surface area contributed by atoms with Crippen molar-refractivity contribution < 1.29 is 9.18 Å². The topological polar surface area (TPSA) is 32.3 Å². The third-order valence-electron chi connectivity index (χ3n) is 3.27. The predicted molar refractivity (Wildman–Crippen MR) is 68.6 cm³/mol. The lowest BCUT2D eigenvalue weighted by molar-refractivity contribution is -0.122. The molecule has 0 radical (unpaired) electrons. The average Bonchev–Trinajstić information content (AvgIpc) is 3.12. The molecule has 3 nitrogen and oxygen atoms in total. The van der Waals surface area contributed by atoms with Crippen molar-refractivity contribution in [3.63, 3.8) is 0 Å². The molecule has 1 N–H and O–H groups in total. The Labute approximate surface area is 107 Å². The average molecular weight is 250 g/mol. The Kier molecular flexibility index (Phi) is 3.97. The molecule has 1 amide bonds. The maximum Gasteiger partial charge on any atom is 0.223 e. The highest BCUT2D eigenvalue weighted by Crippen LogP contribution is 2.29. The van der Waals surface area contributed by atoms with Gasteiger partial charge in [-0.05, 0) is 44.6 Å². The third kappa shape index (κ3) is 3.29. The van der Waals surface area contributed by atoms with Crippen LogP contribution < -0.4 is 5.32 Å². The Morgan fingerprint density at radius 1 is 1.50 bits per heavy atom. The van der Waals surface area contributed by atoms with Crippen molar-refractivity contribution in [1.82, 2.24) is 10.2 Å². The molecule has 0 heterocycles. The van der Waals surface area contributed by atoms with E-state index in [1.165, 1.54) is 12.1 Å². The first-order valence-corrected chi connectivity index (χ1v) is 6.27. The fourth-order valence-electron chi connectivity index (χ4n) is 2.00. The second-order valence-electron chi connectivity index (χ2n) is 5.05. The molecule has 1 aliphatic carbocycles. The zero-order chi connectivity index (χ0) is 13.1. The number of likely N-dealkylation sites (N-methyl/N-ethyl adjacent to an activating group) is 1. The van der Waals surface area contributed by atoms with Gasteiger partial charge in [0.2, 0.25) is 5.91 Å². The number of rotatable bonds is 5. The Morgan fingerprint density at radius 3 is 2.78 bits per heavy atom. The maximum atomic E-state index is 13.2. The molecule has 0 saturated heterocycles. The molecule has 1 aliphatic rings. The van der Waals surface area contributed by atoms with Crippen molar-refractivity contribution in [2.75, 3.05) is 20.6 Å². The smallest absolute Gasteiger partial charge is 0.223 e. The summed E-state index contributed by atoms with van der Waals surface area (Å²) in [5, 5.41) is 2.94. The minimum Gasteiger partial charge on any atom is -0.354 e. The van der Waals surface area contributed by atoms with Gasteiger partial charge in [-0.25, -0.2) is 4.39 Å². The van der Waals surface area contributed by atoms with E-state index in [1.807, 2.05) is 25.1 Å². The lowest BCUT2D eigenvalue weighted by Crippen LogP contribution is -2.35. The molecule has 1 aromatic rings. The summed E-state index contributed by atoms with van der Waals surface area (Å²) in [5.41, 5.74) is 0.885. The number of nitrogens with zero attached hydrogens (tertiary/aromatic N) is 1. The zero-order valence-electron chi connectivity index (χ0n) is 10.8. The van der Waals surface area contributed by atoms with Gasteiger partial charge in [-0.2, -0.15) is 0 Å². The van der Waals surface area contributed by atoms with Crippen molar-refractivity contribution in [3.05, 3.63) is 35.6 Å². The van der Waals surface area contributed by atoms with Crippen LogP contribution in [-0.4, -0.2) is 31.4 Å². The maximum absolute atomic E-state index is 13.2. The quantitative estimate of drug-likeness (QED) is 0.866. The van der Waals surface area contributed by atoms with Crippen LogP contribution in [0.4, 0.5) is 4.39 Å². The van der Waals surface area contributed by atoms with Crippen molar-refractivity contribution in [3.8, 4) is 0 Å². The van der Waals surface area contributed by atoms with Crippen molar-refractivity contribution in [2.45, 2.75) is 18.9 Å². The summed E-state index contributed by atoms with van der Waals surface area (Å²) < 4.78 is 13.2. The Morgan fingerprint density at radius 2 is 2.22 bits per heavy atom. The first kappa shape index (κ1) is 13.0. The summed E-state index contributed by atoms with van der Waals surface area (Å²) in [5.74, 6) is 0.0893. The van der Waals surface area contributed by atoms with Gasteiger partial charge in [-0.3, -0.25) is 4.79 Å². The van der Waals surface area contributed by atoms with E-state index in [4.69, 9.17) is 0 Å². The van der Waals surface area contributed by atoms with Crippen LogP contribution in [0.5, 0.6) is 0 Å². The first-order valence-electron chi connectivity index (χ1n) is 6.27. The van der Waals surface area contributed by atoms with Gasteiger partial charge < -0.3 is 10.2 Å². The van der Waals surface area contributed by atoms with E-state index < -0.39 is 0 Å². The van der Waals surface area contributed by atoms with Crippen molar-refractivity contribution >= 4 is 5.91 Å². The summed E-state index contributed by atoms with van der Waals surface area (Å²) >= 11 is 0. The lowest BCUT2D eigenvalue weighted by atomic mass is 10.1. The fourth-order valence-corrected chi connectivity index (χ4v) is 2.00. The van der Waals surface area contributed by atoms with Crippen LogP contribution in [0.25, 0.3) is 0 Å². The number of halogens is 1. The second kappa shape index (κ2) is 5.48. The number of carbonyl (C=O) groups is 1. The molecular weight excluding hydrogens is 231 g/mol. The largest absolute Gasteiger partial charge is 0.354 e. The first-order chi connectivity index (χ1) is 8.58. The SMILES string of the molecule is CN(C)C(CNC(=O)C1CC1)c1cccc(F)c1. The highest BCUT2D eigenvalue weighted by atomic mass is 19.1. The number of hydrogen-bond acceptors (Lipinski definition) is 2. The number of hydrogen-bond donors (Lipinski definition) is 1. The zero-order valence-corrected chi connectivity index (χ0v) is 10.8. The number of nitrogens with one attached hydrogen (secondary N) is 1. The van der Waals surface area contributed by atoms with Gasteiger partial charge in [0, 0.05) is 12.5 Å². The molecule has 0 aliphatic heterocycles. The molecule has 0 aromatic heterocycles. The van der Waals surface area contributed by atoms with E-state index in [2.05, 4.69) is 5.32 Å². The van der Waals surface area contributed by atoms with Gasteiger partial charge in [0.25, 0.3) is 0 Å². The normalized spacial score (nSPS) is 16.7. The van der Waals surface area contributed by atoms with Crippen LogP contribution in [-0.2, 0) is 4.79 Å². The van der Waals surface area contributed by atoms with Crippen LogP contribution in [0.2, 0.25) is 0 Å². The Bertz CT molecular complexity index is 430. The van der Waals surface area contributed by atoms with E-state index >= 15 is 0 Å². The summed E-state index contributed by atoms with van der Waals surface area (Å²) in [6.07, 6.45) is 2.00. The Hall–Kier alpha value is -1.42. The standard InChI is InChI=1S/C14H19FN2O/c1-17(2)13(9-16-14(18)10-6-7-10)11-4-3-5-12(15)8-11/h3-5,8,10,13H,6-7,9H2,1-2H3,(H,16,18). The summed E-state index contributed by atoms with van der Waals surface area (Å²) in [4.78, 5) is 13.6. The molecule has 98 valence electrons. The summed E-state index contributed by atoms with van der Waals surface area (Å²) in [6.45, 7) is 0.520. The van der Waals surface area contributed by atoms with Gasteiger partial charge in [-0.1, -0.05) is 12.1 Å². The molecule has 0 spiro atoms. The van der Waals surface area contributed by atoms with Gasteiger partial charge in [-0.15, -0.1) is 0 Å². The molecule has 1 unspecified atom stereocenters. The van der Waals surface area contributed by atoms with Crippen molar-refractivity contribution in [2.24, 2.45) is 5.92 Å². The Balaban J connectivity index is 2.01. The number of carbonyl (C=O) groups excluding carboxylic acids is 1. The summed E-state index contributed by atoms with van der Waals surface area (Å²) in [6, 6.07) is 6.54. The highest BCUT2D eigenvalue weighted by molar-refractivity contribution is 5.80. The van der Waals surface area contributed by atoms with E-state index in [0.29, 0.717) is 6.54 Å². The van der Waals surface area contributed by atoms with Crippen LogP contribution in [0.1, 0.15) is 24.4 Å². The molecule has 0 bridgehead atoms. The van der Waals surface area contributed by atoms with E-state index in [0.717, 1.165) is 18.4 Å². The third-order valence-corrected chi connectivity index (χ3v) is 3.27. The van der Waals surface area contributed by atoms with E-state index in [1.54, 1.807) is 6.07 Å². The van der Waals surface area contributed by atoms with Gasteiger partial charge >= 0.3 is 0 Å². The van der Waals surface area contributed by atoms with Gasteiger partial charge in [0.05, 0.1) is 6.04 Å². The van der Waals surface area contributed by atoms with Crippen LogP contribution in [0.15, 0.2) is 24.3 Å². The molecule has 2 rings (SSSR count). The van der Waals surface area contributed by atoms with Gasteiger partial charge in [0.1, 0.15) is 5.82 Å². The lowest BCUT2D eigenvalue weighted by Gasteiger charge is -2.25. The summed E-state index contributed by atoms with van der Waals surface area (Å²) in [7, 11) is 3.86. The minimum atomic E-state index is -0.243. The monoisotopic (exact) mass is 250 g/mol. The molecule has 1 saturated carbocycles. The molecule has 1 fully saturated rings. The molecule has 18 heavy (non-hydrogen) atoms. The van der Waals surface area contributed by atoms with E-state index in [9.17, 15) is 9.18 Å². The second-order valence-corrected chi connectivity index (χ2v) is 5.05. The molecule has 1 atom stereocenters. The number of benzene rings is 1. The fraction of sp³-hybridized carbons (Fsp3) is 0.500.